The van der Waals surface area contributed by atoms with Crippen molar-refractivity contribution in [2.75, 3.05) is 39.1 Å². The quantitative estimate of drug-likeness (QED) is 0.832. The number of anilines is 1. The Morgan fingerprint density at radius 1 is 1.19 bits per heavy atom. The van der Waals surface area contributed by atoms with Crippen LogP contribution in [0.1, 0.15) is 24.1 Å². The van der Waals surface area contributed by atoms with Gasteiger partial charge in [0.05, 0.1) is 5.69 Å². The van der Waals surface area contributed by atoms with Gasteiger partial charge in [-0.3, -0.25) is 0 Å². The third-order valence-corrected chi connectivity index (χ3v) is 4.24. The summed E-state index contributed by atoms with van der Waals surface area (Å²) in [5.41, 5.74) is 2.15. The molecule has 6 nitrogen and oxygen atoms in total. The first kappa shape index (κ1) is 15.5. The molecule has 0 bridgehead atoms. The molecule has 2 rings (SSSR count). The highest BCUT2D eigenvalue weighted by Crippen LogP contribution is 2.21. The van der Waals surface area contributed by atoms with Crippen molar-refractivity contribution in [1.82, 2.24) is 20.0 Å². The van der Waals surface area contributed by atoms with Gasteiger partial charge in [-0.1, -0.05) is 0 Å². The van der Waals surface area contributed by atoms with E-state index >= 15 is 0 Å². The number of urea groups is 1. The normalized spacial score (nSPS) is 16.0. The molecule has 0 spiro atoms. The molecule has 0 atom stereocenters. The van der Waals surface area contributed by atoms with Crippen LogP contribution >= 0.6 is 0 Å². The van der Waals surface area contributed by atoms with Crippen LogP contribution in [0, 0.1) is 13.8 Å². The van der Waals surface area contributed by atoms with Gasteiger partial charge in [0.25, 0.3) is 0 Å². The van der Waals surface area contributed by atoms with Crippen LogP contribution in [0.3, 0.4) is 0 Å². The average molecular weight is 291 g/mol. The predicted molar refractivity (Wildman–Crippen MR) is 83.6 cm³/mol. The van der Waals surface area contributed by atoms with Gasteiger partial charge in [-0.25, -0.2) is 4.79 Å². The number of hydrogen-bond acceptors (Lipinski definition) is 4. The summed E-state index contributed by atoms with van der Waals surface area (Å²) < 4.78 is 0. The predicted octanol–water partition coefficient (Wildman–Crippen LogP) is 1.68. The molecule has 0 N–H and O–H groups in total. The van der Waals surface area contributed by atoms with Gasteiger partial charge in [-0.05, 0) is 38.3 Å². The molecule has 0 saturated carbocycles. The maximum atomic E-state index is 12.0. The maximum absolute atomic E-state index is 12.0. The molecule has 2 amide bonds. The summed E-state index contributed by atoms with van der Waals surface area (Å²) in [4.78, 5) is 17.7. The SMILES string of the molecule is Cc1cc(N2CCC(N(C)C(=O)N(C)C)CC2)nnc1C. The van der Waals surface area contributed by atoms with Crippen molar-refractivity contribution in [2.24, 2.45) is 0 Å². The van der Waals surface area contributed by atoms with E-state index in [1.807, 2.05) is 18.9 Å². The van der Waals surface area contributed by atoms with Crippen LogP contribution in [-0.4, -0.2) is 66.3 Å². The van der Waals surface area contributed by atoms with E-state index in [9.17, 15) is 4.79 Å². The van der Waals surface area contributed by atoms with Crippen molar-refractivity contribution in [1.29, 1.82) is 0 Å². The molecule has 116 valence electrons. The maximum Gasteiger partial charge on any atom is 0.319 e. The molecule has 0 radical (unpaired) electrons. The van der Waals surface area contributed by atoms with Gasteiger partial charge in [0.1, 0.15) is 0 Å². The molecule has 21 heavy (non-hydrogen) atoms. The van der Waals surface area contributed by atoms with Gasteiger partial charge in [-0.2, -0.15) is 5.10 Å². The molecule has 0 unspecified atom stereocenters. The number of carbonyl (C=O) groups excluding carboxylic acids is 1. The number of piperidine rings is 1. The number of aryl methyl sites for hydroxylation is 2. The summed E-state index contributed by atoms with van der Waals surface area (Å²) >= 11 is 0. The molecule has 6 heteroatoms. The van der Waals surface area contributed by atoms with E-state index < -0.39 is 0 Å². The molecule has 1 aromatic rings. The van der Waals surface area contributed by atoms with Crippen molar-refractivity contribution in [3.63, 3.8) is 0 Å². The molecule has 1 aliphatic rings. The first-order valence-electron chi connectivity index (χ1n) is 7.40. The zero-order valence-electron chi connectivity index (χ0n) is 13.6. The van der Waals surface area contributed by atoms with Crippen LogP contribution in [0.25, 0.3) is 0 Å². The van der Waals surface area contributed by atoms with Crippen molar-refractivity contribution < 1.29 is 4.79 Å². The lowest BCUT2D eigenvalue weighted by molar-refractivity contribution is 0.155. The lowest BCUT2D eigenvalue weighted by Gasteiger charge is -2.38. The van der Waals surface area contributed by atoms with Crippen LogP contribution in [0.2, 0.25) is 0 Å². The second-order valence-electron chi connectivity index (χ2n) is 5.98. The summed E-state index contributed by atoms with van der Waals surface area (Å²) in [7, 11) is 5.47. The van der Waals surface area contributed by atoms with Crippen molar-refractivity contribution >= 4 is 11.8 Å². The van der Waals surface area contributed by atoms with Crippen molar-refractivity contribution in [3.8, 4) is 0 Å². The molecule has 1 aromatic heterocycles. The van der Waals surface area contributed by atoms with Crippen LogP contribution in [0.15, 0.2) is 6.07 Å². The summed E-state index contributed by atoms with van der Waals surface area (Å²) in [5.74, 6) is 0.943. The average Bonchev–Trinajstić information content (AvgIpc) is 2.48. The fourth-order valence-corrected chi connectivity index (χ4v) is 2.64. The highest BCUT2D eigenvalue weighted by atomic mass is 16.2. The van der Waals surface area contributed by atoms with Crippen LogP contribution in [0.5, 0.6) is 0 Å². The third-order valence-electron chi connectivity index (χ3n) is 4.24. The van der Waals surface area contributed by atoms with E-state index in [0.717, 1.165) is 37.4 Å². The first-order chi connectivity index (χ1) is 9.90. The number of amides is 2. The van der Waals surface area contributed by atoms with Gasteiger partial charge in [-0.15, -0.1) is 5.10 Å². The highest BCUT2D eigenvalue weighted by molar-refractivity contribution is 5.73. The number of aromatic nitrogens is 2. The minimum Gasteiger partial charge on any atom is -0.355 e. The molecular formula is C15H25N5O. The van der Waals surface area contributed by atoms with Crippen LogP contribution in [-0.2, 0) is 0 Å². The summed E-state index contributed by atoms with van der Waals surface area (Å²) in [5, 5.41) is 8.48. The lowest BCUT2D eigenvalue weighted by Crippen LogP contribution is -2.48. The molecular weight excluding hydrogens is 266 g/mol. The highest BCUT2D eigenvalue weighted by Gasteiger charge is 2.26. The molecule has 1 saturated heterocycles. The topological polar surface area (TPSA) is 52.6 Å². The fourth-order valence-electron chi connectivity index (χ4n) is 2.64. The smallest absolute Gasteiger partial charge is 0.319 e. The number of rotatable bonds is 2. The third kappa shape index (κ3) is 3.43. The Balaban J connectivity index is 1.96. The second-order valence-corrected chi connectivity index (χ2v) is 5.98. The number of hydrogen-bond donors (Lipinski definition) is 0. The fraction of sp³-hybridized carbons (Fsp3) is 0.667. The van der Waals surface area contributed by atoms with E-state index in [4.69, 9.17) is 0 Å². The Hall–Kier alpha value is -1.85. The van der Waals surface area contributed by atoms with Gasteiger partial charge < -0.3 is 14.7 Å². The van der Waals surface area contributed by atoms with E-state index in [0.29, 0.717) is 6.04 Å². The molecule has 1 fully saturated rings. The standard InChI is InChI=1S/C15H25N5O/c1-11-10-14(17-16-12(11)2)20-8-6-13(7-9-20)19(5)15(21)18(3)4/h10,13H,6-9H2,1-5H3. The Bertz CT molecular complexity index is 509. The molecule has 0 aliphatic carbocycles. The van der Waals surface area contributed by atoms with Crippen LogP contribution < -0.4 is 4.90 Å². The van der Waals surface area contributed by atoms with Gasteiger partial charge in [0.2, 0.25) is 0 Å². The molecule has 0 aromatic carbocycles. The lowest BCUT2D eigenvalue weighted by atomic mass is 10.0. The van der Waals surface area contributed by atoms with E-state index in [1.165, 1.54) is 5.56 Å². The number of carbonyl (C=O) groups is 1. The second kappa shape index (κ2) is 6.28. The van der Waals surface area contributed by atoms with E-state index in [-0.39, 0.29) is 6.03 Å². The zero-order chi connectivity index (χ0) is 15.6. The summed E-state index contributed by atoms with van der Waals surface area (Å²) in [6, 6.07) is 2.47. The summed E-state index contributed by atoms with van der Waals surface area (Å²) in [6.45, 7) is 5.85. The monoisotopic (exact) mass is 291 g/mol. The Morgan fingerprint density at radius 2 is 1.81 bits per heavy atom. The minimum absolute atomic E-state index is 0.0689. The van der Waals surface area contributed by atoms with Gasteiger partial charge in [0, 0.05) is 40.3 Å². The zero-order valence-corrected chi connectivity index (χ0v) is 13.6. The van der Waals surface area contributed by atoms with Gasteiger partial charge in [0.15, 0.2) is 5.82 Å². The van der Waals surface area contributed by atoms with Crippen molar-refractivity contribution in [3.05, 3.63) is 17.3 Å². The number of nitrogens with zero attached hydrogens (tertiary/aromatic N) is 5. The Kier molecular flexibility index (Phi) is 4.65. The summed E-state index contributed by atoms with van der Waals surface area (Å²) in [6.07, 6.45) is 1.93. The van der Waals surface area contributed by atoms with E-state index in [2.05, 4.69) is 28.1 Å². The largest absolute Gasteiger partial charge is 0.355 e. The Labute approximate surface area is 126 Å². The van der Waals surface area contributed by atoms with Crippen molar-refractivity contribution in [2.45, 2.75) is 32.7 Å². The molecule has 2 heterocycles. The molecule has 1 aliphatic heterocycles. The first-order valence-corrected chi connectivity index (χ1v) is 7.40. The van der Waals surface area contributed by atoms with E-state index in [1.54, 1.807) is 19.0 Å². The van der Waals surface area contributed by atoms with Gasteiger partial charge >= 0.3 is 6.03 Å². The van der Waals surface area contributed by atoms with Crippen LogP contribution in [0.4, 0.5) is 10.6 Å². The minimum atomic E-state index is 0.0689. The Morgan fingerprint density at radius 3 is 2.33 bits per heavy atom.